The van der Waals surface area contributed by atoms with Crippen molar-refractivity contribution in [3.8, 4) is 0 Å². The van der Waals surface area contributed by atoms with Crippen molar-refractivity contribution in [3.63, 3.8) is 0 Å². The molecule has 3 atom stereocenters. The van der Waals surface area contributed by atoms with Gasteiger partial charge in [-0.15, -0.1) is 0 Å². The van der Waals surface area contributed by atoms with Crippen LogP contribution in [0.4, 0.5) is 0 Å². The van der Waals surface area contributed by atoms with Crippen molar-refractivity contribution in [3.05, 3.63) is 36.0 Å². The third-order valence-corrected chi connectivity index (χ3v) is 5.66. The van der Waals surface area contributed by atoms with E-state index >= 15 is 0 Å². The zero-order chi connectivity index (χ0) is 23.0. The lowest BCUT2D eigenvalue weighted by Crippen LogP contribution is -2.55. The van der Waals surface area contributed by atoms with Crippen LogP contribution in [0.15, 0.2) is 30.5 Å². The van der Waals surface area contributed by atoms with Gasteiger partial charge in [-0.2, -0.15) is 11.8 Å². The molecule has 0 aliphatic heterocycles. The molecule has 0 saturated carbocycles. The summed E-state index contributed by atoms with van der Waals surface area (Å²) in [6, 6.07) is 5.07. The number of benzene rings is 1. The lowest BCUT2D eigenvalue weighted by Gasteiger charge is -2.23. The van der Waals surface area contributed by atoms with Crippen molar-refractivity contribution in [2.45, 2.75) is 51.2 Å². The zero-order valence-corrected chi connectivity index (χ0v) is 19.0. The first kappa shape index (κ1) is 24.7. The minimum Gasteiger partial charge on any atom is -0.480 e. The Morgan fingerprint density at radius 1 is 1.13 bits per heavy atom. The van der Waals surface area contributed by atoms with Gasteiger partial charge in [-0.3, -0.25) is 9.59 Å². The highest BCUT2D eigenvalue weighted by molar-refractivity contribution is 7.98. The fraction of sp³-hybridized carbons (Fsp3) is 0.500. The van der Waals surface area contributed by atoms with E-state index < -0.39 is 35.9 Å². The normalized spacial score (nSPS) is 14.2. The fourth-order valence-corrected chi connectivity index (χ4v) is 3.85. The summed E-state index contributed by atoms with van der Waals surface area (Å²) in [4.78, 5) is 40.1. The number of nitrogens with one attached hydrogen (secondary N) is 3. The van der Waals surface area contributed by atoms with Gasteiger partial charge < -0.3 is 26.5 Å². The number of rotatable bonds is 12. The predicted molar refractivity (Wildman–Crippen MR) is 124 cm³/mol. The number of fused-ring (bicyclic) bond motifs is 1. The van der Waals surface area contributed by atoms with E-state index in [9.17, 15) is 19.5 Å². The van der Waals surface area contributed by atoms with Crippen LogP contribution in [0.2, 0.25) is 0 Å². The number of amides is 2. The summed E-state index contributed by atoms with van der Waals surface area (Å²) < 4.78 is 0. The SMILES string of the molecule is CSCC[C@H](NC(=O)[C@@H](N)Cc1c[nH]c2ccccc12)C(=O)N[C@@H](CC(C)C)C(=O)O. The summed E-state index contributed by atoms with van der Waals surface area (Å²) in [7, 11) is 0. The quantitative estimate of drug-likeness (QED) is 0.336. The first-order chi connectivity index (χ1) is 14.7. The van der Waals surface area contributed by atoms with E-state index in [1.165, 1.54) is 0 Å². The number of aromatic amines is 1. The first-order valence-corrected chi connectivity index (χ1v) is 11.7. The minimum absolute atomic E-state index is 0.102. The molecule has 2 aromatic rings. The lowest BCUT2D eigenvalue weighted by molar-refractivity contribution is -0.142. The van der Waals surface area contributed by atoms with Crippen LogP contribution < -0.4 is 16.4 Å². The number of carboxylic acids is 1. The molecule has 0 aliphatic carbocycles. The van der Waals surface area contributed by atoms with Gasteiger partial charge in [-0.05, 0) is 48.8 Å². The van der Waals surface area contributed by atoms with Gasteiger partial charge in [-0.1, -0.05) is 32.0 Å². The topological polar surface area (TPSA) is 137 Å². The number of carbonyl (C=O) groups excluding carboxylic acids is 2. The van der Waals surface area contributed by atoms with Gasteiger partial charge in [0.2, 0.25) is 11.8 Å². The van der Waals surface area contributed by atoms with Crippen LogP contribution in [0.3, 0.4) is 0 Å². The van der Waals surface area contributed by atoms with Gasteiger partial charge in [0.05, 0.1) is 6.04 Å². The van der Waals surface area contributed by atoms with E-state index in [0.29, 0.717) is 25.0 Å². The molecule has 31 heavy (non-hydrogen) atoms. The molecule has 1 aromatic carbocycles. The maximum atomic E-state index is 12.8. The van der Waals surface area contributed by atoms with Crippen LogP contribution in [-0.4, -0.2) is 58.0 Å². The van der Waals surface area contributed by atoms with Crippen LogP contribution in [0.1, 0.15) is 32.3 Å². The average molecular weight is 449 g/mol. The Bertz CT molecular complexity index is 899. The average Bonchev–Trinajstić information content (AvgIpc) is 3.12. The summed E-state index contributed by atoms with van der Waals surface area (Å²) in [6.45, 7) is 3.78. The van der Waals surface area contributed by atoms with Gasteiger partial charge in [-0.25, -0.2) is 4.79 Å². The fourth-order valence-electron chi connectivity index (χ4n) is 3.38. The first-order valence-electron chi connectivity index (χ1n) is 10.4. The monoisotopic (exact) mass is 448 g/mol. The zero-order valence-electron chi connectivity index (χ0n) is 18.2. The highest BCUT2D eigenvalue weighted by Gasteiger charge is 2.28. The summed E-state index contributed by atoms with van der Waals surface area (Å²) in [6.07, 6.45) is 4.74. The lowest BCUT2D eigenvalue weighted by atomic mass is 10.0. The molecule has 1 aromatic heterocycles. The van der Waals surface area contributed by atoms with Crippen LogP contribution in [0.25, 0.3) is 10.9 Å². The van der Waals surface area contributed by atoms with E-state index in [1.807, 2.05) is 50.6 Å². The molecule has 1 heterocycles. The summed E-state index contributed by atoms with van der Waals surface area (Å²) in [5.74, 6) is -1.30. The number of hydrogen-bond donors (Lipinski definition) is 5. The molecule has 0 unspecified atom stereocenters. The third kappa shape index (κ3) is 7.29. The number of hydrogen-bond acceptors (Lipinski definition) is 5. The molecular weight excluding hydrogens is 416 g/mol. The van der Waals surface area contributed by atoms with Crippen LogP contribution >= 0.6 is 11.8 Å². The molecule has 6 N–H and O–H groups in total. The summed E-state index contributed by atoms with van der Waals surface area (Å²) in [5, 5.41) is 15.7. The number of thioether (sulfide) groups is 1. The van der Waals surface area contributed by atoms with E-state index in [2.05, 4.69) is 15.6 Å². The van der Waals surface area contributed by atoms with Crippen molar-refractivity contribution < 1.29 is 19.5 Å². The predicted octanol–water partition coefficient (Wildman–Crippen LogP) is 1.89. The number of carboxylic acid groups (broad SMARTS) is 1. The van der Waals surface area contributed by atoms with E-state index in [4.69, 9.17) is 5.73 Å². The molecule has 0 spiro atoms. The van der Waals surface area contributed by atoms with Gasteiger partial charge in [0.15, 0.2) is 0 Å². The number of H-pyrrole nitrogens is 1. The Balaban J connectivity index is 2.04. The van der Waals surface area contributed by atoms with E-state index in [1.54, 1.807) is 11.8 Å². The smallest absolute Gasteiger partial charge is 0.326 e. The van der Waals surface area contributed by atoms with Crippen LogP contribution in [0, 0.1) is 5.92 Å². The Hall–Kier alpha value is -2.52. The van der Waals surface area contributed by atoms with Crippen molar-refractivity contribution in [1.82, 2.24) is 15.6 Å². The third-order valence-electron chi connectivity index (χ3n) is 5.02. The molecular formula is C22H32N4O4S. The van der Waals surface area contributed by atoms with Crippen molar-refractivity contribution in [2.24, 2.45) is 11.7 Å². The molecule has 8 nitrogen and oxygen atoms in total. The standard InChI is InChI=1S/C22H32N4O4S/c1-13(2)10-19(22(29)30)26-21(28)18(8-9-31-3)25-20(27)16(23)11-14-12-24-17-7-5-4-6-15(14)17/h4-7,12-13,16,18-19,24H,8-11,23H2,1-3H3,(H,25,27)(H,26,28)(H,29,30)/t16-,18-,19-/m0/s1. The number of aliphatic carboxylic acids is 1. The highest BCUT2D eigenvalue weighted by Crippen LogP contribution is 2.19. The van der Waals surface area contributed by atoms with E-state index in [-0.39, 0.29) is 5.92 Å². The molecule has 2 amide bonds. The molecule has 9 heteroatoms. The van der Waals surface area contributed by atoms with Gasteiger partial charge >= 0.3 is 5.97 Å². The molecule has 0 saturated heterocycles. The Morgan fingerprint density at radius 3 is 2.45 bits per heavy atom. The van der Waals surface area contributed by atoms with Crippen molar-refractivity contribution in [2.75, 3.05) is 12.0 Å². The molecule has 170 valence electrons. The van der Waals surface area contributed by atoms with Crippen molar-refractivity contribution in [1.29, 1.82) is 0 Å². The second-order valence-corrected chi connectivity index (χ2v) is 9.03. The summed E-state index contributed by atoms with van der Waals surface area (Å²) in [5.41, 5.74) is 8.02. The number of aromatic nitrogens is 1. The number of carbonyl (C=O) groups is 3. The van der Waals surface area contributed by atoms with E-state index in [0.717, 1.165) is 16.5 Å². The maximum absolute atomic E-state index is 12.8. The Labute approximate surface area is 186 Å². The van der Waals surface area contributed by atoms with Gasteiger partial charge in [0, 0.05) is 17.1 Å². The molecule has 0 bridgehead atoms. The Kier molecular flexibility index (Phi) is 9.39. The second kappa shape index (κ2) is 11.8. The van der Waals surface area contributed by atoms with Crippen LogP contribution in [-0.2, 0) is 20.8 Å². The molecule has 0 radical (unpaired) electrons. The minimum atomic E-state index is -1.09. The largest absolute Gasteiger partial charge is 0.480 e. The van der Waals surface area contributed by atoms with Crippen LogP contribution in [0.5, 0.6) is 0 Å². The van der Waals surface area contributed by atoms with Crippen molar-refractivity contribution >= 4 is 40.4 Å². The molecule has 0 aliphatic rings. The van der Waals surface area contributed by atoms with Gasteiger partial charge in [0.1, 0.15) is 12.1 Å². The summed E-state index contributed by atoms with van der Waals surface area (Å²) >= 11 is 1.54. The Morgan fingerprint density at radius 2 is 1.81 bits per heavy atom. The maximum Gasteiger partial charge on any atom is 0.326 e. The highest BCUT2D eigenvalue weighted by atomic mass is 32.2. The molecule has 2 rings (SSSR count). The van der Waals surface area contributed by atoms with Gasteiger partial charge in [0.25, 0.3) is 0 Å². The number of nitrogens with two attached hydrogens (primary N) is 1. The second-order valence-electron chi connectivity index (χ2n) is 8.04. The molecule has 0 fully saturated rings. The number of para-hydroxylation sites is 1.